The van der Waals surface area contributed by atoms with Crippen LogP contribution in [0.5, 0.6) is 11.5 Å². The predicted molar refractivity (Wildman–Crippen MR) is 106 cm³/mol. The zero-order valence-electron chi connectivity index (χ0n) is 16.6. The molecule has 6 nitrogen and oxygen atoms in total. The first-order chi connectivity index (χ1) is 13.9. The van der Waals surface area contributed by atoms with Crippen molar-refractivity contribution in [2.45, 2.75) is 39.3 Å². The minimum atomic E-state index is -0.397. The Morgan fingerprint density at radius 3 is 2.79 bits per heavy atom. The zero-order valence-corrected chi connectivity index (χ0v) is 16.6. The molecule has 2 N–H and O–H groups in total. The van der Waals surface area contributed by atoms with Gasteiger partial charge >= 0.3 is 0 Å². The van der Waals surface area contributed by atoms with Crippen molar-refractivity contribution >= 4 is 11.8 Å². The van der Waals surface area contributed by atoms with Crippen LogP contribution >= 0.6 is 0 Å². The number of ether oxygens (including phenoxy) is 2. The zero-order chi connectivity index (χ0) is 20.8. The van der Waals surface area contributed by atoms with Gasteiger partial charge in [0.2, 0.25) is 11.8 Å². The molecule has 0 aromatic heterocycles. The Morgan fingerprint density at radius 1 is 1.21 bits per heavy atom. The summed E-state index contributed by atoms with van der Waals surface area (Å²) in [6.07, 6.45) is 0.969. The molecule has 2 aromatic rings. The molecule has 154 valence electrons. The van der Waals surface area contributed by atoms with E-state index in [4.69, 9.17) is 9.47 Å². The van der Waals surface area contributed by atoms with E-state index in [0.29, 0.717) is 12.2 Å². The molecule has 1 aliphatic heterocycles. The van der Waals surface area contributed by atoms with Crippen LogP contribution in [0.2, 0.25) is 0 Å². The summed E-state index contributed by atoms with van der Waals surface area (Å²) in [5, 5.41) is 5.32. The van der Waals surface area contributed by atoms with E-state index in [-0.39, 0.29) is 37.4 Å². The third-order valence-corrected chi connectivity index (χ3v) is 4.55. The highest BCUT2D eigenvalue weighted by atomic mass is 19.1. The normalized spacial score (nSPS) is 14.7. The molecule has 0 bridgehead atoms. The van der Waals surface area contributed by atoms with Crippen LogP contribution in [-0.4, -0.2) is 31.1 Å². The summed E-state index contributed by atoms with van der Waals surface area (Å²) in [6, 6.07) is 9.68. The van der Waals surface area contributed by atoms with Crippen molar-refractivity contribution in [3.05, 3.63) is 58.9 Å². The van der Waals surface area contributed by atoms with Crippen molar-refractivity contribution in [2.75, 3.05) is 13.2 Å². The van der Waals surface area contributed by atoms with Gasteiger partial charge in [0.1, 0.15) is 23.4 Å². The number of carbonyl (C=O) groups excluding carboxylic acids is 2. The average molecular weight is 400 g/mol. The fourth-order valence-electron chi connectivity index (χ4n) is 3.24. The number of hydrogen-bond acceptors (Lipinski definition) is 4. The summed E-state index contributed by atoms with van der Waals surface area (Å²) in [6.45, 7) is 4.54. The Kier molecular flexibility index (Phi) is 6.69. The molecule has 1 atom stereocenters. The van der Waals surface area contributed by atoms with E-state index in [2.05, 4.69) is 10.6 Å². The van der Waals surface area contributed by atoms with Crippen LogP contribution < -0.4 is 20.1 Å². The molecule has 1 unspecified atom stereocenters. The molecule has 7 heteroatoms. The minimum absolute atomic E-state index is 0.0138. The van der Waals surface area contributed by atoms with Crippen molar-refractivity contribution in [1.82, 2.24) is 10.6 Å². The number of halogens is 1. The maximum Gasteiger partial charge on any atom is 0.239 e. The van der Waals surface area contributed by atoms with Crippen molar-refractivity contribution in [3.63, 3.8) is 0 Å². The largest absolute Gasteiger partial charge is 0.494 e. The molecule has 0 saturated heterocycles. The van der Waals surface area contributed by atoms with Crippen molar-refractivity contribution < 1.29 is 23.5 Å². The molecule has 0 radical (unpaired) electrons. The Morgan fingerprint density at radius 2 is 2.03 bits per heavy atom. The van der Waals surface area contributed by atoms with Gasteiger partial charge in [-0.05, 0) is 43.7 Å². The Labute approximate surface area is 169 Å². The number of carbonyl (C=O) groups is 2. The van der Waals surface area contributed by atoms with Gasteiger partial charge < -0.3 is 20.1 Å². The van der Waals surface area contributed by atoms with Crippen LogP contribution in [0, 0.1) is 5.82 Å². The van der Waals surface area contributed by atoms with E-state index in [0.717, 1.165) is 29.0 Å². The molecule has 1 heterocycles. The number of hydrogen-bond donors (Lipinski definition) is 2. The quantitative estimate of drug-likeness (QED) is 0.714. The van der Waals surface area contributed by atoms with Gasteiger partial charge in [0.25, 0.3) is 0 Å². The van der Waals surface area contributed by atoms with Crippen LogP contribution in [0.4, 0.5) is 4.39 Å². The van der Waals surface area contributed by atoms with Gasteiger partial charge in [-0.2, -0.15) is 0 Å². The van der Waals surface area contributed by atoms with Gasteiger partial charge in [0.05, 0.1) is 19.6 Å². The lowest BCUT2D eigenvalue weighted by atomic mass is 10.1. The number of amides is 2. The SMILES string of the molecule is CCOc1cc2c(cc1CNC(=O)CNC(=O)Cc1cccc(F)c1)OC(C)C2. The molecule has 1 aliphatic rings. The van der Waals surface area contributed by atoms with Gasteiger partial charge in [-0.15, -0.1) is 0 Å². The molecule has 3 rings (SSSR count). The van der Waals surface area contributed by atoms with Crippen molar-refractivity contribution in [3.8, 4) is 11.5 Å². The fraction of sp³-hybridized carbons (Fsp3) is 0.364. The second-order valence-electron chi connectivity index (χ2n) is 6.99. The summed E-state index contributed by atoms with van der Waals surface area (Å²) in [4.78, 5) is 24.1. The average Bonchev–Trinajstić information content (AvgIpc) is 3.03. The highest BCUT2D eigenvalue weighted by Gasteiger charge is 2.22. The molecule has 0 spiro atoms. The molecule has 2 amide bonds. The highest BCUT2D eigenvalue weighted by Crippen LogP contribution is 2.35. The summed E-state index contributed by atoms with van der Waals surface area (Å²) >= 11 is 0. The Hall–Kier alpha value is -3.09. The first kappa shape index (κ1) is 20.6. The number of fused-ring (bicyclic) bond motifs is 1. The van der Waals surface area contributed by atoms with Gasteiger partial charge in [-0.1, -0.05) is 12.1 Å². The van der Waals surface area contributed by atoms with Crippen molar-refractivity contribution in [2.24, 2.45) is 0 Å². The molecule has 0 aliphatic carbocycles. The highest BCUT2D eigenvalue weighted by molar-refractivity contribution is 5.85. The van der Waals surface area contributed by atoms with E-state index in [9.17, 15) is 14.0 Å². The van der Waals surface area contributed by atoms with Crippen LogP contribution in [0.25, 0.3) is 0 Å². The molecule has 29 heavy (non-hydrogen) atoms. The molecular weight excluding hydrogens is 375 g/mol. The smallest absolute Gasteiger partial charge is 0.239 e. The van der Waals surface area contributed by atoms with Gasteiger partial charge in [-0.3, -0.25) is 9.59 Å². The third-order valence-electron chi connectivity index (χ3n) is 4.55. The Balaban J connectivity index is 1.51. The van der Waals surface area contributed by atoms with Gasteiger partial charge in [0.15, 0.2) is 0 Å². The second-order valence-corrected chi connectivity index (χ2v) is 6.99. The monoisotopic (exact) mass is 400 g/mol. The van der Waals surface area contributed by atoms with Gasteiger partial charge in [-0.25, -0.2) is 4.39 Å². The lowest BCUT2D eigenvalue weighted by molar-refractivity contribution is -0.125. The number of rotatable bonds is 8. The fourth-order valence-corrected chi connectivity index (χ4v) is 3.24. The first-order valence-corrected chi connectivity index (χ1v) is 9.67. The number of benzene rings is 2. The van der Waals surface area contributed by atoms with Crippen LogP contribution in [-0.2, 0) is 29.0 Å². The van der Waals surface area contributed by atoms with Crippen LogP contribution in [0.3, 0.4) is 0 Å². The van der Waals surface area contributed by atoms with Crippen molar-refractivity contribution in [1.29, 1.82) is 0 Å². The summed E-state index contributed by atoms with van der Waals surface area (Å²) < 4.78 is 24.6. The predicted octanol–water partition coefficient (Wildman–Crippen LogP) is 2.52. The maximum atomic E-state index is 13.2. The minimum Gasteiger partial charge on any atom is -0.494 e. The van der Waals surface area contributed by atoms with E-state index >= 15 is 0 Å². The molecule has 0 fully saturated rings. The lowest BCUT2D eigenvalue weighted by Gasteiger charge is -2.13. The molecule has 2 aromatic carbocycles. The van der Waals surface area contributed by atoms with Gasteiger partial charge in [0, 0.05) is 24.1 Å². The maximum absolute atomic E-state index is 13.2. The second kappa shape index (κ2) is 9.41. The Bertz CT molecular complexity index is 900. The standard InChI is InChI=1S/C22H25FN2O4/c1-3-28-19-10-16-7-14(2)29-20(16)11-17(19)12-24-22(27)13-25-21(26)9-15-5-4-6-18(23)8-15/h4-6,8,10-11,14H,3,7,9,12-13H2,1-2H3,(H,24,27)(H,25,26). The van der Waals surface area contributed by atoms with Crippen LogP contribution in [0.1, 0.15) is 30.5 Å². The first-order valence-electron chi connectivity index (χ1n) is 9.67. The topological polar surface area (TPSA) is 76.7 Å². The van der Waals surface area contributed by atoms with E-state index in [1.54, 1.807) is 12.1 Å². The van der Waals surface area contributed by atoms with E-state index in [1.165, 1.54) is 12.1 Å². The van der Waals surface area contributed by atoms with E-state index < -0.39 is 5.82 Å². The van der Waals surface area contributed by atoms with E-state index in [1.807, 2.05) is 26.0 Å². The summed E-state index contributed by atoms with van der Waals surface area (Å²) in [5.41, 5.74) is 2.47. The van der Waals surface area contributed by atoms with Crippen LogP contribution in [0.15, 0.2) is 36.4 Å². The lowest BCUT2D eigenvalue weighted by Crippen LogP contribution is -2.37. The molecule has 0 saturated carbocycles. The molecular formula is C22H25FN2O4. The number of nitrogens with one attached hydrogen (secondary N) is 2. The third kappa shape index (κ3) is 5.70. The summed E-state index contributed by atoms with van der Waals surface area (Å²) in [5.74, 6) is 0.467. The summed E-state index contributed by atoms with van der Waals surface area (Å²) in [7, 11) is 0.